The first-order chi connectivity index (χ1) is 30.9. The van der Waals surface area contributed by atoms with Crippen molar-refractivity contribution < 1.29 is 12.3 Å². The smallest absolute Gasteiger partial charge is 0.251 e. The fourth-order valence-corrected chi connectivity index (χ4v) is 6.76. The second-order valence-electron chi connectivity index (χ2n) is 14.4. The van der Waals surface area contributed by atoms with Gasteiger partial charge in [-0.15, -0.1) is 0 Å². The van der Waals surface area contributed by atoms with Crippen LogP contribution < -0.4 is 21.3 Å². The Bertz CT molecular complexity index is 2960. The molecule has 8 aromatic rings. The molecule has 17 heteroatoms. The zero-order valence-corrected chi connectivity index (χ0v) is 36.6. The summed E-state index contributed by atoms with van der Waals surface area (Å²) in [6, 6.07) is 18.8. The number of rotatable bonds is 12. The molecular weight excluding hydrogens is 813 g/mol. The minimum Gasteiger partial charge on any atom is -0.369 e. The van der Waals surface area contributed by atoms with Crippen molar-refractivity contribution in [2.24, 2.45) is 0 Å². The summed E-state index contributed by atoms with van der Waals surface area (Å²) in [5.41, 5.74) is 7.17. The van der Waals surface area contributed by atoms with Gasteiger partial charge in [-0.2, -0.15) is 13.5 Å². The maximum atomic E-state index is 12.2. The fraction of sp³-hybridized carbons (Fsp3) is 0.217. The molecule has 0 spiro atoms. The minimum absolute atomic E-state index is 0. The monoisotopic (exact) mass is 862 g/mol. The SMILES string of the molecule is CNC(=O)c1ccnc2c([C@H](C)CNc3cc(-c4cnc(C)nc4)ncn3)cccc12.S.[2H]c1nc(C)nc([2H])c1-c1cc(NC[C@@H](C)c2cccc3c(C(=O)NC)ccnc23)ncn1. The Labute approximate surface area is 374 Å². The number of fused-ring (bicyclic) bond motifs is 2. The molecule has 8 rings (SSSR count). The Morgan fingerprint density at radius 3 is 1.49 bits per heavy atom. The van der Waals surface area contributed by atoms with E-state index in [9.17, 15) is 9.59 Å². The lowest BCUT2D eigenvalue weighted by molar-refractivity contribution is 0.0956. The highest BCUT2D eigenvalue weighted by Gasteiger charge is 2.17. The molecule has 0 unspecified atom stereocenters. The first kappa shape index (κ1) is 42.2. The van der Waals surface area contributed by atoms with Gasteiger partial charge in [-0.3, -0.25) is 19.6 Å². The van der Waals surface area contributed by atoms with E-state index in [1.807, 2.05) is 49.4 Å². The number of amides is 2. The van der Waals surface area contributed by atoms with E-state index in [2.05, 4.69) is 85.0 Å². The third-order valence-corrected chi connectivity index (χ3v) is 10.1. The number of carbonyl (C=O) groups is 2. The topological polar surface area (TPSA) is 211 Å². The van der Waals surface area contributed by atoms with E-state index in [-0.39, 0.29) is 55.1 Å². The summed E-state index contributed by atoms with van der Waals surface area (Å²) in [5, 5.41) is 13.7. The van der Waals surface area contributed by atoms with Crippen LogP contribution in [0.4, 0.5) is 11.6 Å². The molecule has 4 N–H and O–H groups in total. The van der Waals surface area contributed by atoms with E-state index >= 15 is 0 Å². The average Bonchev–Trinajstić information content (AvgIpc) is 3.31. The van der Waals surface area contributed by atoms with Gasteiger partial charge in [-0.05, 0) is 37.1 Å². The summed E-state index contributed by atoms with van der Waals surface area (Å²) < 4.78 is 16.2. The molecule has 2 atom stereocenters. The molecule has 16 nitrogen and oxygen atoms in total. The molecule has 0 saturated carbocycles. The van der Waals surface area contributed by atoms with E-state index in [1.54, 1.807) is 64.0 Å². The van der Waals surface area contributed by atoms with Crippen molar-refractivity contribution in [1.82, 2.24) is 60.5 Å². The molecule has 0 saturated heterocycles. The Morgan fingerprint density at radius 1 is 0.587 bits per heavy atom. The highest BCUT2D eigenvalue weighted by Crippen LogP contribution is 2.29. The van der Waals surface area contributed by atoms with Gasteiger partial charge < -0.3 is 21.3 Å². The second kappa shape index (κ2) is 20.8. The molecule has 0 aliphatic carbocycles. The summed E-state index contributed by atoms with van der Waals surface area (Å²) in [5.74, 6) is 2.29. The number of carbonyl (C=O) groups excluding carboxylic acids is 2. The van der Waals surface area contributed by atoms with E-state index in [0.717, 1.165) is 50.0 Å². The molecule has 0 aliphatic heterocycles. The van der Waals surface area contributed by atoms with E-state index in [0.29, 0.717) is 47.4 Å². The molecule has 320 valence electrons. The summed E-state index contributed by atoms with van der Waals surface area (Å²) in [4.78, 5) is 67.1. The van der Waals surface area contributed by atoms with Crippen LogP contribution in [0.15, 0.2) is 110 Å². The summed E-state index contributed by atoms with van der Waals surface area (Å²) >= 11 is 0. The molecule has 2 amide bonds. The van der Waals surface area contributed by atoms with Gasteiger partial charge in [0.25, 0.3) is 11.8 Å². The Balaban J connectivity index is 0.000000212. The summed E-state index contributed by atoms with van der Waals surface area (Å²) in [6.45, 7) is 8.87. The Hall–Kier alpha value is -7.53. The number of aryl methyl sites for hydroxylation is 2. The Kier molecular flexibility index (Phi) is 13.9. The number of para-hydroxylation sites is 2. The number of aromatic nitrogens is 10. The van der Waals surface area contributed by atoms with Crippen molar-refractivity contribution >= 4 is 58.8 Å². The third-order valence-electron chi connectivity index (χ3n) is 10.1. The predicted octanol–water partition coefficient (Wildman–Crippen LogP) is 6.84. The predicted molar refractivity (Wildman–Crippen MR) is 250 cm³/mol. The van der Waals surface area contributed by atoms with Crippen molar-refractivity contribution in [2.45, 2.75) is 39.5 Å². The van der Waals surface area contributed by atoms with Crippen LogP contribution in [0.25, 0.3) is 44.3 Å². The second-order valence-corrected chi connectivity index (χ2v) is 14.4. The van der Waals surface area contributed by atoms with Crippen molar-refractivity contribution in [3.63, 3.8) is 0 Å². The number of nitrogens with zero attached hydrogens (tertiary/aromatic N) is 10. The van der Waals surface area contributed by atoms with Gasteiger partial charge in [-0.25, -0.2) is 39.9 Å². The number of benzene rings is 2. The molecule has 0 bridgehead atoms. The number of nitrogens with one attached hydrogen (secondary N) is 4. The van der Waals surface area contributed by atoms with E-state index < -0.39 is 0 Å². The fourth-order valence-electron chi connectivity index (χ4n) is 6.76. The average molecular weight is 863 g/mol. The van der Waals surface area contributed by atoms with Crippen molar-refractivity contribution in [2.75, 3.05) is 37.8 Å². The maximum Gasteiger partial charge on any atom is 0.251 e. The molecule has 6 aromatic heterocycles. The number of hydrogen-bond donors (Lipinski definition) is 4. The minimum atomic E-state index is -0.151. The normalized spacial score (nSPS) is 12.1. The number of pyridine rings is 2. The quantitative estimate of drug-likeness (QED) is 0.0991. The first-order valence-electron chi connectivity index (χ1n) is 20.9. The molecule has 0 fully saturated rings. The lowest BCUT2D eigenvalue weighted by atomic mass is 9.96. The highest BCUT2D eigenvalue weighted by molar-refractivity contribution is 7.59. The van der Waals surface area contributed by atoms with Crippen molar-refractivity contribution in [1.29, 1.82) is 0 Å². The lowest BCUT2D eigenvalue weighted by Gasteiger charge is -2.16. The summed E-state index contributed by atoms with van der Waals surface area (Å²) in [6.07, 6.45) is 9.66. The molecule has 0 aliphatic rings. The van der Waals surface area contributed by atoms with Crippen LogP contribution >= 0.6 is 13.5 Å². The van der Waals surface area contributed by atoms with E-state index in [1.165, 1.54) is 12.7 Å². The first-order valence-corrected chi connectivity index (χ1v) is 19.9. The van der Waals surface area contributed by atoms with Gasteiger partial charge >= 0.3 is 0 Å². The van der Waals surface area contributed by atoms with Crippen LogP contribution in [-0.2, 0) is 0 Å². The molecule has 0 radical (unpaired) electrons. The number of anilines is 2. The zero-order chi connectivity index (χ0) is 45.3. The molecule has 63 heavy (non-hydrogen) atoms. The lowest BCUT2D eigenvalue weighted by Crippen LogP contribution is -2.18. The van der Waals surface area contributed by atoms with Crippen LogP contribution in [0, 0.1) is 13.8 Å². The van der Waals surface area contributed by atoms with Crippen LogP contribution in [0.1, 0.15) is 71.9 Å². The van der Waals surface area contributed by atoms with Gasteiger partial charge in [0, 0.05) is 110 Å². The standard InChI is InChI=1S/2C23H23N7O.H2S/c2*1-14(17-5-4-6-18-19(23(31)24-3)7-8-25-22(17)18)10-28-21-9-20(29-13-30-21)16-11-26-15(2)27-12-16;/h2*4-9,11-14H,10H2,1-3H3,(H,24,31)(H,28,29,30);1H2/t2*14-;/m11./s1/i11D,12D;;. The number of hydrogen-bond acceptors (Lipinski definition) is 14. The van der Waals surface area contributed by atoms with Gasteiger partial charge in [-0.1, -0.05) is 50.2 Å². The van der Waals surface area contributed by atoms with Gasteiger partial charge in [0.2, 0.25) is 0 Å². The van der Waals surface area contributed by atoms with Gasteiger partial charge in [0.05, 0.1) is 36.3 Å². The van der Waals surface area contributed by atoms with Crippen LogP contribution in [0.3, 0.4) is 0 Å². The zero-order valence-electron chi connectivity index (χ0n) is 37.6. The van der Waals surface area contributed by atoms with Crippen LogP contribution in [-0.4, -0.2) is 88.8 Å². The summed E-state index contributed by atoms with van der Waals surface area (Å²) in [7, 11) is 3.24. The Morgan fingerprint density at radius 2 is 1.03 bits per heavy atom. The highest BCUT2D eigenvalue weighted by atomic mass is 32.1. The molecule has 2 aromatic carbocycles. The molecular formula is C46H48N14O2S. The molecule has 6 heterocycles. The van der Waals surface area contributed by atoms with Gasteiger partial charge in [0.15, 0.2) is 0 Å². The third kappa shape index (κ3) is 10.7. The van der Waals surface area contributed by atoms with Crippen molar-refractivity contribution in [3.05, 3.63) is 144 Å². The van der Waals surface area contributed by atoms with Crippen LogP contribution in [0.5, 0.6) is 0 Å². The van der Waals surface area contributed by atoms with Crippen molar-refractivity contribution in [3.8, 4) is 22.5 Å². The van der Waals surface area contributed by atoms with Crippen LogP contribution in [0.2, 0.25) is 0 Å². The maximum absolute atomic E-state index is 12.2. The van der Waals surface area contributed by atoms with Gasteiger partial charge in [0.1, 0.15) is 35.9 Å². The largest absolute Gasteiger partial charge is 0.369 e. The van der Waals surface area contributed by atoms with E-state index in [4.69, 9.17) is 2.74 Å².